The summed E-state index contributed by atoms with van der Waals surface area (Å²) in [4.78, 5) is 4.42. The molecule has 0 fully saturated rings. The topological polar surface area (TPSA) is 31.4 Å². The van der Waals surface area contributed by atoms with Gasteiger partial charge >= 0.3 is 0 Å². The van der Waals surface area contributed by atoms with Crippen molar-refractivity contribution in [3.63, 3.8) is 0 Å². The van der Waals surface area contributed by atoms with Crippen molar-refractivity contribution >= 4 is 22.5 Å². The zero-order valence-corrected chi connectivity index (χ0v) is 13.1. The Hall–Kier alpha value is -1.32. The van der Waals surface area contributed by atoms with Crippen LogP contribution in [0, 0.1) is 0 Å². The lowest BCUT2D eigenvalue weighted by atomic mass is 10.1. The molecule has 0 saturated heterocycles. The lowest BCUT2D eigenvalue weighted by molar-refractivity contribution is -0.0316. The van der Waals surface area contributed by atoms with Gasteiger partial charge in [0.1, 0.15) is 10.9 Å². The van der Waals surface area contributed by atoms with Crippen LogP contribution in [0.15, 0.2) is 24.3 Å². The predicted molar refractivity (Wildman–Crippen MR) is 82.5 cm³/mol. The normalized spacial score (nSPS) is 11.8. The van der Waals surface area contributed by atoms with Crippen molar-refractivity contribution < 1.29 is 9.47 Å². The average Bonchev–Trinajstić information content (AvgIpc) is 2.44. The van der Waals surface area contributed by atoms with Gasteiger partial charge in [0.25, 0.3) is 0 Å². The van der Waals surface area contributed by atoms with E-state index < -0.39 is 0 Å². The number of ether oxygens (including phenoxy) is 2. The number of hydrogen-bond acceptors (Lipinski definition) is 3. The van der Waals surface area contributed by atoms with E-state index in [2.05, 4.69) is 25.8 Å². The van der Waals surface area contributed by atoms with E-state index in [9.17, 15) is 0 Å². The van der Waals surface area contributed by atoms with Crippen molar-refractivity contribution in [1.29, 1.82) is 0 Å². The number of nitrogens with zero attached hydrogens (tertiary/aromatic N) is 1. The molecule has 0 atom stereocenters. The van der Waals surface area contributed by atoms with Crippen molar-refractivity contribution in [2.45, 2.75) is 39.4 Å². The smallest absolute Gasteiger partial charge is 0.135 e. The number of hydrogen-bond donors (Lipinski definition) is 0. The highest BCUT2D eigenvalue weighted by atomic mass is 35.5. The minimum absolute atomic E-state index is 0.155. The van der Waals surface area contributed by atoms with Gasteiger partial charge in [0.05, 0.1) is 24.8 Å². The van der Waals surface area contributed by atoms with E-state index in [-0.39, 0.29) is 5.60 Å². The third-order valence-electron chi connectivity index (χ3n) is 3.52. The van der Waals surface area contributed by atoms with Gasteiger partial charge in [-0.1, -0.05) is 18.5 Å². The number of pyridine rings is 1. The second-order valence-electron chi connectivity index (χ2n) is 5.40. The molecule has 0 aliphatic heterocycles. The average molecular weight is 294 g/mol. The maximum Gasteiger partial charge on any atom is 0.135 e. The molecule has 20 heavy (non-hydrogen) atoms. The van der Waals surface area contributed by atoms with Crippen LogP contribution >= 0.6 is 11.6 Å². The van der Waals surface area contributed by atoms with Crippen LogP contribution in [-0.4, -0.2) is 17.7 Å². The second-order valence-corrected chi connectivity index (χ2v) is 5.76. The molecule has 1 aromatic carbocycles. The fraction of sp³-hybridized carbons (Fsp3) is 0.438. The van der Waals surface area contributed by atoms with Crippen LogP contribution < -0.4 is 4.74 Å². The Labute approximate surface area is 124 Å². The zero-order valence-electron chi connectivity index (χ0n) is 12.4. The summed E-state index contributed by atoms with van der Waals surface area (Å²) in [7, 11) is 1.64. The van der Waals surface area contributed by atoms with Gasteiger partial charge in [-0.25, -0.2) is 4.98 Å². The quantitative estimate of drug-likeness (QED) is 0.755. The summed E-state index contributed by atoms with van der Waals surface area (Å²) in [5.74, 6) is 0.775. The van der Waals surface area contributed by atoms with Gasteiger partial charge in [-0.2, -0.15) is 0 Å². The summed E-state index contributed by atoms with van der Waals surface area (Å²) in [5, 5.41) is 1.51. The summed E-state index contributed by atoms with van der Waals surface area (Å²) in [6, 6.07) is 7.79. The fourth-order valence-electron chi connectivity index (χ4n) is 1.77. The molecule has 0 bridgehead atoms. The highest BCUT2D eigenvalue weighted by Gasteiger charge is 2.16. The molecular formula is C16H20ClNO2. The van der Waals surface area contributed by atoms with Crippen LogP contribution in [0.1, 0.15) is 32.8 Å². The molecule has 0 spiro atoms. The van der Waals surface area contributed by atoms with E-state index in [4.69, 9.17) is 21.1 Å². The first kappa shape index (κ1) is 15.1. The SMILES string of the molecule is CCC(C)(C)OCc1cc2ccc(OC)cc2nc1Cl. The van der Waals surface area contributed by atoms with Crippen LogP contribution in [0.5, 0.6) is 5.75 Å². The molecule has 0 unspecified atom stereocenters. The van der Waals surface area contributed by atoms with Gasteiger partial charge in [-0.15, -0.1) is 0 Å². The van der Waals surface area contributed by atoms with Gasteiger partial charge in [-0.05, 0) is 38.5 Å². The number of methoxy groups -OCH3 is 1. The summed E-state index contributed by atoms with van der Waals surface area (Å²) in [5.41, 5.74) is 1.58. The Balaban J connectivity index is 2.29. The first-order valence-corrected chi connectivity index (χ1v) is 7.10. The van der Waals surface area contributed by atoms with Crippen molar-refractivity contribution in [3.8, 4) is 5.75 Å². The molecule has 1 heterocycles. The maximum absolute atomic E-state index is 6.24. The molecule has 4 heteroatoms. The van der Waals surface area contributed by atoms with Gasteiger partial charge in [0.15, 0.2) is 0 Å². The first-order chi connectivity index (χ1) is 9.45. The minimum atomic E-state index is -0.155. The summed E-state index contributed by atoms with van der Waals surface area (Å²) in [6.07, 6.45) is 0.947. The number of halogens is 1. The van der Waals surface area contributed by atoms with E-state index in [0.717, 1.165) is 28.6 Å². The predicted octanol–water partition coefficient (Wildman–Crippen LogP) is 4.60. The third-order valence-corrected chi connectivity index (χ3v) is 3.85. The van der Waals surface area contributed by atoms with E-state index in [1.54, 1.807) is 7.11 Å². The van der Waals surface area contributed by atoms with Gasteiger partial charge in [0.2, 0.25) is 0 Å². The molecule has 0 aliphatic carbocycles. The summed E-state index contributed by atoms with van der Waals surface area (Å²) < 4.78 is 11.1. The van der Waals surface area contributed by atoms with E-state index >= 15 is 0 Å². The molecule has 0 radical (unpaired) electrons. The minimum Gasteiger partial charge on any atom is -0.497 e. The standard InChI is InChI=1S/C16H20ClNO2/c1-5-16(2,3)20-10-12-8-11-6-7-13(19-4)9-14(11)18-15(12)17/h6-9H,5,10H2,1-4H3. The lowest BCUT2D eigenvalue weighted by Crippen LogP contribution is -2.22. The Kier molecular flexibility index (Phi) is 4.51. The lowest BCUT2D eigenvalue weighted by Gasteiger charge is -2.23. The fourth-order valence-corrected chi connectivity index (χ4v) is 1.97. The molecular weight excluding hydrogens is 274 g/mol. The van der Waals surface area contributed by atoms with Crippen molar-refractivity contribution in [1.82, 2.24) is 4.98 Å². The van der Waals surface area contributed by atoms with Gasteiger partial charge in [-0.3, -0.25) is 0 Å². The third kappa shape index (κ3) is 3.41. The molecule has 0 saturated carbocycles. The number of rotatable bonds is 5. The van der Waals surface area contributed by atoms with Crippen LogP contribution in [0.4, 0.5) is 0 Å². The van der Waals surface area contributed by atoms with Crippen LogP contribution in [-0.2, 0) is 11.3 Å². The number of fused-ring (bicyclic) bond motifs is 1. The molecule has 0 amide bonds. The molecule has 108 valence electrons. The van der Waals surface area contributed by atoms with Crippen molar-refractivity contribution in [3.05, 3.63) is 35.0 Å². The number of benzene rings is 1. The van der Waals surface area contributed by atoms with Crippen LogP contribution in [0.3, 0.4) is 0 Å². The van der Waals surface area contributed by atoms with Crippen molar-refractivity contribution in [2.24, 2.45) is 0 Å². The molecule has 0 N–H and O–H groups in total. The van der Waals surface area contributed by atoms with E-state index in [0.29, 0.717) is 11.8 Å². The molecule has 2 rings (SSSR count). The van der Waals surface area contributed by atoms with Crippen LogP contribution in [0.25, 0.3) is 10.9 Å². The summed E-state index contributed by atoms with van der Waals surface area (Å²) in [6.45, 7) is 6.71. The molecule has 2 aromatic rings. The highest BCUT2D eigenvalue weighted by Crippen LogP contribution is 2.26. The largest absolute Gasteiger partial charge is 0.497 e. The monoisotopic (exact) mass is 293 g/mol. The number of aromatic nitrogens is 1. The maximum atomic E-state index is 6.24. The van der Waals surface area contributed by atoms with Gasteiger partial charge in [0, 0.05) is 17.0 Å². The second kappa shape index (κ2) is 5.98. The van der Waals surface area contributed by atoms with E-state index in [1.165, 1.54) is 0 Å². The molecule has 1 aromatic heterocycles. The Morgan fingerprint density at radius 2 is 2.00 bits per heavy atom. The van der Waals surface area contributed by atoms with Crippen LogP contribution in [0.2, 0.25) is 5.15 Å². The van der Waals surface area contributed by atoms with Gasteiger partial charge < -0.3 is 9.47 Å². The van der Waals surface area contributed by atoms with E-state index in [1.807, 2.05) is 24.3 Å². The molecule has 3 nitrogen and oxygen atoms in total. The Morgan fingerprint density at radius 3 is 2.65 bits per heavy atom. The zero-order chi connectivity index (χ0) is 14.8. The molecule has 0 aliphatic rings. The summed E-state index contributed by atoms with van der Waals surface area (Å²) >= 11 is 6.24. The Morgan fingerprint density at radius 1 is 1.25 bits per heavy atom. The highest BCUT2D eigenvalue weighted by molar-refractivity contribution is 6.30. The first-order valence-electron chi connectivity index (χ1n) is 6.72. The Bertz CT molecular complexity index is 611. The van der Waals surface area contributed by atoms with Crippen molar-refractivity contribution in [2.75, 3.05) is 7.11 Å².